The minimum Gasteiger partial charge on any atom is -0.391 e. The zero-order valence-corrected chi connectivity index (χ0v) is 17.8. The van der Waals surface area contributed by atoms with Crippen molar-refractivity contribution in [3.8, 4) is 0 Å². The molecule has 28 heavy (non-hydrogen) atoms. The molecule has 0 saturated carbocycles. The maximum absolute atomic E-state index is 13.8. The molecule has 0 bridgehead atoms. The van der Waals surface area contributed by atoms with Gasteiger partial charge in [-0.3, -0.25) is 4.79 Å². The Hall–Kier alpha value is -1.66. The first-order valence-corrected chi connectivity index (χ1v) is 9.22. The van der Waals surface area contributed by atoms with Crippen molar-refractivity contribution in [2.45, 2.75) is 51.3 Å². The van der Waals surface area contributed by atoms with Gasteiger partial charge in [-0.2, -0.15) is 0 Å². The molecule has 0 spiro atoms. The van der Waals surface area contributed by atoms with Crippen molar-refractivity contribution in [1.29, 1.82) is 0 Å². The number of nitrogens with two attached hydrogens (primary N) is 1. The zero-order chi connectivity index (χ0) is 20.2. The molecular formula is C21H27Cl2FN2O2. The third-order valence-electron chi connectivity index (χ3n) is 4.14. The van der Waals surface area contributed by atoms with E-state index in [1.165, 1.54) is 6.07 Å². The maximum Gasteiger partial charge on any atom is 0.252 e. The van der Waals surface area contributed by atoms with Gasteiger partial charge in [-0.05, 0) is 56.5 Å². The molecule has 0 aliphatic rings. The van der Waals surface area contributed by atoms with Gasteiger partial charge in [0.2, 0.25) is 0 Å². The van der Waals surface area contributed by atoms with Crippen LogP contribution in [0.15, 0.2) is 42.5 Å². The number of carbonyl (C=O) groups excluding carboxylic acids is 1. The van der Waals surface area contributed by atoms with Gasteiger partial charge < -0.3 is 16.2 Å². The molecule has 2 aromatic carbocycles. The van der Waals surface area contributed by atoms with Gasteiger partial charge in [0, 0.05) is 28.6 Å². The van der Waals surface area contributed by atoms with Crippen molar-refractivity contribution >= 4 is 29.9 Å². The molecule has 2 atom stereocenters. The van der Waals surface area contributed by atoms with Crippen molar-refractivity contribution < 1.29 is 14.3 Å². The van der Waals surface area contributed by atoms with E-state index in [0.717, 1.165) is 0 Å². The van der Waals surface area contributed by atoms with Crippen molar-refractivity contribution in [2.75, 3.05) is 0 Å². The SMILES string of the molecule is CC(C)(C)NC(=O)c1cc(Cl)ccc1C[C@H](O)[C@H](N)Cc1ccccc1F.Cl. The fourth-order valence-corrected chi connectivity index (χ4v) is 2.95. The van der Waals surface area contributed by atoms with Gasteiger partial charge in [0.25, 0.3) is 5.91 Å². The van der Waals surface area contributed by atoms with E-state index in [0.29, 0.717) is 21.7 Å². The van der Waals surface area contributed by atoms with Gasteiger partial charge in [0.05, 0.1) is 6.10 Å². The average Bonchev–Trinajstić information content (AvgIpc) is 2.56. The molecule has 0 aromatic heterocycles. The number of aliphatic hydroxyl groups excluding tert-OH is 1. The normalized spacial score (nSPS) is 13.4. The molecule has 0 aliphatic carbocycles. The number of hydrogen-bond donors (Lipinski definition) is 3. The number of benzene rings is 2. The summed E-state index contributed by atoms with van der Waals surface area (Å²) >= 11 is 6.05. The number of aliphatic hydroxyl groups is 1. The summed E-state index contributed by atoms with van der Waals surface area (Å²) in [6, 6.07) is 10.6. The van der Waals surface area contributed by atoms with Crippen LogP contribution in [0, 0.1) is 5.82 Å². The molecular weight excluding hydrogens is 402 g/mol. The van der Waals surface area contributed by atoms with Crippen LogP contribution in [0.2, 0.25) is 5.02 Å². The lowest BCUT2D eigenvalue weighted by atomic mass is 9.94. The van der Waals surface area contributed by atoms with Gasteiger partial charge in [-0.1, -0.05) is 35.9 Å². The van der Waals surface area contributed by atoms with Crippen LogP contribution in [0.1, 0.15) is 42.3 Å². The summed E-state index contributed by atoms with van der Waals surface area (Å²) in [7, 11) is 0. The van der Waals surface area contributed by atoms with Crippen LogP contribution in [0.3, 0.4) is 0 Å². The lowest BCUT2D eigenvalue weighted by Crippen LogP contribution is -2.42. The fourth-order valence-electron chi connectivity index (χ4n) is 2.78. The topological polar surface area (TPSA) is 75.3 Å². The Kier molecular flexibility index (Phi) is 8.89. The Morgan fingerprint density at radius 1 is 1.18 bits per heavy atom. The van der Waals surface area contributed by atoms with Crippen molar-refractivity contribution in [2.24, 2.45) is 5.73 Å². The summed E-state index contributed by atoms with van der Waals surface area (Å²) in [4.78, 5) is 12.6. The van der Waals surface area contributed by atoms with Gasteiger partial charge in [0.15, 0.2) is 0 Å². The van der Waals surface area contributed by atoms with E-state index in [-0.39, 0.29) is 37.0 Å². The molecule has 7 heteroatoms. The lowest BCUT2D eigenvalue weighted by molar-refractivity contribution is 0.0917. The van der Waals surface area contributed by atoms with Crippen LogP contribution < -0.4 is 11.1 Å². The third-order valence-corrected chi connectivity index (χ3v) is 4.38. The summed E-state index contributed by atoms with van der Waals surface area (Å²) in [6.45, 7) is 5.65. The van der Waals surface area contributed by atoms with E-state index < -0.39 is 17.7 Å². The molecule has 2 aromatic rings. The largest absolute Gasteiger partial charge is 0.391 e. The van der Waals surface area contributed by atoms with Gasteiger partial charge >= 0.3 is 0 Å². The summed E-state index contributed by atoms with van der Waals surface area (Å²) < 4.78 is 13.8. The molecule has 4 N–H and O–H groups in total. The van der Waals surface area contributed by atoms with E-state index >= 15 is 0 Å². The van der Waals surface area contributed by atoms with Crippen LogP contribution in [0.25, 0.3) is 0 Å². The highest BCUT2D eigenvalue weighted by atomic mass is 35.5. The minimum atomic E-state index is -0.938. The Morgan fingerprint density at radius 3 is 2.43 bits per heavy atom. The Balaban J connectivity index is 0.00000392. The Bertz CT molecular complexity index is 809. The molecule has 0 saturated heterocycles. The highest BCUT2D eigenvalue weighted by Crippen LogP contribution is 2.20. The van der Waals surface area contributed by atoms with E-state index in [4.69, 9.17) is 17.3 Å². The predicted molar refractivity (Wildman–Crippen MR) is 114 cm³/mol. The summed E-state index contributed by atoms with van der Waals surface area (Å²) in [5, 5.41) is 13.8. The standard InChI is InChI=1S/C21H26ClFN2O2.ClH/c1-21(2,3)25-20(27)16-12-15(22)9-8-13(16)11-19(26)18(24)10-14-6-4-5-7-17(14)23;/h4-9,12,18-19,26H,10-11,24H2,1-3H3,(H,25,27);1H/t18-,19+;/m1./s1. The van der Waals surface area contributed by atoms with Gasteiger partial charge in [-0.15, -0.1) is 12.4 Å². The quantitative estimate of drug-likeness (QED) is 0.652. The second-order valence-electron chi connectivity index (χ2n) is 7.74. The highest BCUT2D eigenvalue weighted by Gasteiger charge is 2.22. The maximum atomic E-state index is 13.8. The van der Waals surface area contributed by atoms with Crippen molar-refractivity contribution in [1.82, 2.24) is 5.32 Å². The minimum absolute atomic E-state index is 0. The van der Waals surface area contributed by atoms with E-state index in [1.54, 1.807) is 36.4 Å². The average molecular weight is 429 g/mol. The van der Waals surface area contributed by atoms with Crippen LogP contribution in [-0.4, -0.2) is 28.7 Å². The molecule has 0 heterocycles. The summed E-state index contributed by atoms with van der Waals surface area (Å²) in [6.07, 6.45) is -0.572. The van der Waals surface area contributed by atoms with E-state index in [1.807, 2.05) is 20.8 Å². The van der Waals surface area contributed by atoms with Crippen LogP contribution in [0.5, 0.6) is 0 Å². The Morgan fingerprint density at radius 2 is 1.82 bits per heavy atom. The summed E-state index contributed by atoms with van der Waals surface area (Å²) in [5.41, 5.74) is 7.16. The fraction of sp³-hybridized carbons (Fsp3) is 0.381. The van der Waals surface area contributed by atoms with Crippen LogP contribution in [0.4, 0.5) is 4.39 Å². The third kappa shape index (κ3) is 7.06. The number of rotatable bonds is 6. The number of hydrogen-bond acceptors (Lipinski definition) is 3. The van der Waals surface area contributed by atoms with Crippen LogP contribution >= 0.6 is 24.0 Å². The first-order valence-electron chi connectivity index (χ1n) is 8.85. The number of carbonyl (C=O) groups is 1. The summed E-state index contributed by atoms with van der Waals surface area (Å²) in [5.74, 6) is -0.619. The number of nitrogens with one attached hydrogen (secondary N) is 1. The molecule has 4 nitrogen and oxygen atoms in total. The molecule has 1 amide bonds. The van der Waals surface area contributed by atoms with Crippen molar-refractivity contribution in [3.63, 3.8) is 0 Å². The predicted octanol–water partition coefficient (Wildman–Crippen LogP) is 3.90. The smallest absolute Gasteiger partial charge is 0.252 e. The number of halogens is 3. The van der Waals surface area contributed by atoms with Crippen molar-refractivity contribution in [3.05, 3.63) is 70.0 Å². The molecule has 0 fully saturated rings. The second kappa shape index (κ2) is 10.2. The van der Waals surface area contributed by atoms with Crippen LogP contribution in [-0.2, 0) is 12.8 Å². The first kappa shape index (κ1) is 24.4. The molecule has 0 unspecified atom stereocenters. The van der Waals surface area contributed by atoms with E-state index in [2.05, 4.69) is 5.32 Å². The lowest BCUT2D eigenvalue weighted by Gasteiger charge is -2.23. The molecule has 154 valence electrons. The number of amides is 1. The van der Waals surface area contributed by atoms with E-state index in [9.17, 15) is 14.3 Å². The molecule has 2 rings (SSSR count). The highest BCUT2D eigenvalue weighted by molar-refractivity contribution is 6.31. The molecule has 0 aliphatic heterocycles. The monoisotopic (exact) mass is 428 g/mol. The van der Waals surface area contributed by atoms with Gasteiger partial charge in [-0.25, -0.2) is 4.39 Å². The second-order valence-corrected chi connectivity index (χ2v) is 8.17. The van der Waals surface area contributed by atoms with Gasteiger partial charge in [0.1, 0.15) is 5.82 Å². The zero-order valence-electron chi connectivity index (χ0n) is 16.2. The first-order chi connectivity index (χ1) is 12.6. The Labute approximate surface area is 176 Å². The molecule has 0 radical (unpaired) electrons.